The topological polar surface area (TPSA) is 139 Å². The summed E-state index contributed by atoms with van der Waals surface area (Å²) in [5.74, 6) is -0.459. The van der Waals surface area contributed by atoms with Crippen molar-refractivity contribution in [3.8, 4) is 5.75 Å². The van der Waals surface area contributed by atoms with Crippen LogP contribution in [0.4, 0.5) is 11.4 Å². The fraction of sp³-hybridized carbons (Fsp3) is 0.310. The van der Waals surface area contributed by atoms with Gasteiger partial charge in [0.15, 0.2) is 0 Å². The number of nitrogens with zero attached hydrogens (tertiary/aromatic N) is 3. The van der Waals surface area contributed by atoms with Crippen LogP contribution in [0.2, 0.25) is 0 Å². The number of benzene rings is 3. The fourth-order valence-electron chi connectivity index (χ4n) is 4.26. The summed E-state index contributed by atoms with van der Waals surface area (Å²) < 4.78 is 33.8. The van der Waals surface area contributed by atoms with Gasteiger partial charge in [0.2, 0.25) is 11.8 Å². The zero-order valence-electron chi connectivity index (χ0n) is 23.2. The molecule has 41 heavy (non-hydrogen) atoms. The van der Waals surface area contributed by atoms with E-state index in [9.17, 15) is 28.1 Å². The number of nitro groups is 1. The zero-order valence-corrected chi connectivity index (χ0v) is 24.0. The van der Waals surface area contributed by atoms with Crippen molar-refractivity contribution in [1.29, 1.82) is 0 Å². The Labute approximate surface area is 239 Å². The number of carbonyl (C=O) groups is 2. The van der Waals surface area contributed by atoms with Gasteiger partial charge in [-0.15, -0.1) is 0 Å². The van der Waals surface area contributed by atoms with Crippen LogP contribution < -0.4 is 14.4 Å². The number of non-ortho nitro benzene ring substituents is 1. The Morgan fingerprint density at radius 1 is 1.00 bits per heavy atom. The molecule has 11 nitrogen and oxygen atoms in total. The summed E-state index contributed by atoms with van der Waals surface area (Å²) in [5, 5.41) is 14.3. The molecule has 3 aromatic carbocycles. The first kappa shape index (κ1) is 31.1. The van der Waals surface area contributed by atoms with Crippen molar-refractivity contribution in [3.63, 3.8) is 0 Å². The van der Waals surface area contributed by atoms with E-state index in [0.717, 1.165) is 10.4 Å². The molecule has 3 rings (SSSR count). The third-order valence-corrected chi connectivity index (χ3v) is 8.15. The summed E-state index contributed by atoms with van der Waals surface area (Å²) in [6, 6.07) is 18.7. The molecular weight excluding hydrogens is 548 g/mol. The highest BCUT2D eigenvalue weighted by atomic mass is 32.2. The SMILES string of the molecule is CCCNC(=O)C(CC)N(Cc1cccc(OC)c1)C(=O)CN(c1cccc([N+](=O)[O-])c1)S(=O)(=O)c1ccccc1. The Hall–Kier alpha value is -4.45. The van der Waals surface area contributed by atoms with Crippen LogP contribution in [-0.2, 0) is 26.2 Å². The van der Waals surface area contributed by atoms with Gasteiger partial charge in [0, 0.05) is 25.2 Å². The number of nitrogens with one attached hydrogen (secondary N) is 1. The van der Waals surface area contributed by atoms with Gasteiger partial charge in [-0.1, -0.05) is 50.2 Å². The van der Waals surface area contributed by atoms with E-state index in [4.69, 9.17) is 4.74 Å². The molecule has 1 N–H and O–H groups in total. The van der Waals surface area contributed by atoms with E-state index in [0.29, 0.717) is 24.3 Å². The predicted octanol–water partition coefficient (Wildman–Crippen LogP) is 4.13. The first-order valence-electron chi connectivity index (χ1n) is 13.1. The average molecular weight is 583 g/mol. The minimum Gasteiger partial charge on any atom is -0.497 e. The third-order valence-electron chi connectivity index (χ3n) is 6.36. The second kappa shape index (κ2) is 14.3. The summed E-state index contributed by atoms with van der Waals surface area (Å²) in [6.07, 6.45) is 0.968. The fourth-order valence-corrected chi connectivity index (χ4v) is 5.69. The lowest BCUT2D eigenvalue weighted by Gasteiger charge is -2.33. The van der Waals surface area contributed by atoms with Crippen LogP contribution in [-0.4, -0.2) is 56.3 Å². The van der Waals surface area contributed by atoms with Crippen molar-refractivity contribution in [3.05, 3.63) is 94.5 Å². The van der Waals surface area contributed by atoms with E-state index in [2.05, 4.69) is 5.32 Å². The van der Waals surface area contributed by atoms with E-state index < -0.39 is 33.4 Å². The highest BCUT2D eigenvalue weighted by Gasteiger charge is 2.34. The Bertz CT molecular complexity index is 1460. The Morgan fingerprint density at radius 2 is 1.71 bits per heavy atom. The second-order valence-corrected chi connectivity index (χ2v) is 11.1. The van der Waals surface area contributed by atoms with E-state index in [1.165, 1.54) is 42.3 Å². The number of nitro benzene ring substituents is 1. The quantitative estimate of drug-likeness (QED) is 0.223. The molecule has 0 aliphatic rings. The number of ether oxygens (including phenoxy) is 1. The molecule has 218 valence electrons. The maximum Gasteiger partial charge on any atom is 0.271 e. The highest BCUT2D eigenvalue weighted by molar-refractivity contribution is 7.92. The summed E-state index contributed by atoms with van der Waals surface area (Å²) in [7, 11) is -2.82. The standard InChI is InChI=1S/C29H34N4O7S/c1-4-17-30-29(35)27(5-2)31(20-22-11-9-14-25(18-22)40-3)28(34)21-32(23-12-10-13-24(19-23)33(36)37)41(38,39)26-15-7-6-8-16-26/h6-16,18-19,27H,4-5,17,20-21H2,1-3H3,(H,30,35). The highest BCUT2D eigenvalue weighted by Crippen LogP contribution is 2.28. The Kier molecular flexibility index (Phi) is 10.8. The lowest BCUT2D eigenvalue weighted by atomic mass is 10.1. The molecule has 0 radical (unpaired) electrons. The van der Waals surface area contributed by atoms with Gasteiger partial charge in [-0.25, -0.2) is 8.42 Å². The van der Waals surface area contributed by atoms with Crippen LogP contribution in [0.5, 0.6) is 5.75 Å². The number of amides is 2. The molecule has 3 aromatic rings. The molecule has 0 aromatic heterocycles. The minimum absolute atomic E-state index is 0.00223. The first-order chi connectivity index (χ1) is 19.6. The predicted molar refractivity (Wildman–Crippen MR) is 155 cm³/mol. The maximum atomic E-state index is 14.0. The van der Waals surface area contributed by atoms with Gasteiger partial charge in [-0.05, 0) is 48.7 Å². The molecule has 1 atom stereocenters. The van der Waals surface area contributed by atoms with E-state index in [-0.39, 0.29) is 35.1 Å². The number of anilines is 1. The number of methoxy groups -OCH3 is 1. The van der Waals surface area contributed by atoms with E-state index in [1.807, 2.05) is 6.92 Å². The molecule has 0 aliphatic carbocycles. The van der Waals surface area contributed by atoms with Crippen LogP contribution in [0.1, 0.15) is 32.3 Å². The Balaban J connectivity index is 2.09. The van der Waals surface area contributed by atoms with Crippen molar-refractivity contribution in [2.24, 2.45) is 0 Å². The summed E-state index contributed by atoms with van der Waals surface area (Å²) in [5.41, 5.74) is 0.287. The molecule has 0 saturated carbocycles. The van der Waals surface area contributed by atoms with Gasteiger partial charge in [-0.2, -0.15) is 0 Å². The van der Waals surface area contributed by atoms with Crippen molar-refractivity contribution >= 4 is 33.2 Å². The third kappa shape index (κ3) is 7.82. The first-order valence-corrected chi connectivity index (χ1v) is 14.6. The minimum atomic E-state index is -4.33. The number of hydrogen-bond acceptors (Lipinski definition) is 7. The summed E-state index contributed by atoms with van der Waals surface area (Å²) >= 11 is 0. The van der Waals surface area contributed by atoms with E-state index in [1.54, 1.807) is 49.4 Å². The molecule has 0 saturated heterocycles. The van der Waals surface area contributed by atoms with Crippen molar-refractivity contribution < 1.29 is 27.7 Å². The molecule has 2 amide bonds. The van der Waals surface area contributed by atoms with Crippen LogP contribution in [0, 0.1) is 10.1 Å². The smallest absolute Gasteiger partial charge is 0.271 e. The lowest BCUT2D eigenvalue weighted by molar-refractivity contribution is -0.384. The molecule has 0 bridgehead atoms. The number of hydrogen-bond donors (Lipinski definition) is 1. The maximum absolute atomic E-state index is 14.0. The van der Waals surface area contributed by atoms with Crippen LogP contribution in [0.3, 0.4) is 0 Å². The molecule has 1 unspecified atom stereocenters. The van der Waals surface area contributed by atoms with Gasteiger partial charge in [0.25, 0.3) is 15.7 Å². The molecular formula is C29H34N4O7S. The van der Waals surface area contributed by atoms with Crippen LogP contribution in [0.25, 0.3) is 0 Å². The summed E-state index contributed by atoms with van der Waals surface area (Å²) in [6.45, 7) is 3.40. The second-order valence-electron chi connectivity index (χ2n) is 9.19. The van der Waals surface area contributed by atoms with Crippen molar-refractivity contribution in [1.82, 2.24) is 10.2 Å². The molecule has 0 fully saturated rings. The van der Waals surface area contributed by atoms with E-state index >= 15 is 0 Å². The molecule has 0 heterocycles. The zero-order chi connectivity index (χ0) is 30.0. The van der Waals surface area contributed by atoms with Gasteiger partial charge in [-0.3, -0.25) is 24.0 Å². The number of carbonyl (C=O) groups excluding carboxylic acids is 2. The van der Waals surface area contributed by atoms with Crippen molar-refractivity contribution in [2.75, 3.05) is 24.5 Å². The van der Waals surface area contributed by atoms with Crippen molar-refractivity contribution in [2.45, 2.75) is 44.2 Å². The van der Waals surface area contributed by atoms with Gasteiger partial charge >= 0.3 is 0 Å². The van der Waals surface area contributed by atoms with Gasteiger partial charge < -0.3 is 15.0 Å². The van der Waals surface area contributed by atoms with Gasteiger partial charge in [0.05, 0.1) is 22.6 Å². The normalized spacial score (nSPS) is 11.8. The average Bonchev–Trinajstić information content (AvgIpc) is 2.99. The van der Waals surface area contributed by atoms with Crippen LogP contribution >= 0.6 is 0 Å². The molecule has 12 heteroatoms. The lowest BCUT2D eigenvalue weighted by Crippen LogP contribution is -2.52. The Morgan fingerprint density at radius 3 is 2.34 bits per heavy atom. The van der Waals surface area contributed by atoms with Gasteiger partial charge in [0.1, 0.15) is 18.3 Å². The van der Waals surface area contributed by atoms with Crippen LogP contribution in [0.15, 0.2) is 83.8 Å². The monoisotopic (exact) mass is 582 g/mol. The molecule has 0 spiro atoms. The number of rotatable bonds is 14. The summed E-state index contributed by atoms with van der Waals surface area (Å²) in [4.78, 5) is 39.3. The molecule has 0 aliphatic heterocycles. The number of sulfonamides is 1. The largest absolute Gasteiger partial charge is 0.497 e.